The van der Waals surface area contributed by atoms with Gasteiger partial charge in [0.15, 0.2) is 0 Å². The molecule has 94 valence electrons. The van der Waals surface area contributed by atoms with E-state index in [1.54, 1.807) is 13.3 Å². The summed E-state index contributed by atoms with van der Waals surface area (Å²) in [6, 6.07) is 1.96. The number of likely N-dealkylation sites (N-methyl/N-ethyl adjacent to an activating group) is 1. The number of nitrogens with zero attached hydrogens (tertiary/aromatic N) is 1. The van der Waals surface area contributed by atoms with Crippen molar-refractivity contribution in [3.63, 3.8) is 0 Å². The lowest BCUT2D eigenvalue weighted by Gasteiger charge is -2.36. The number of anilines is 1. The summed E-state index contributed by atoms with van der Waals surface area (Å²) in [6.45, 7) is 0. The van der Waals surface area contributed by atoms with Crippen molar-refractivity contribution in [2.45, 2.75) is 37.3 Å². The van der Waals surface area contributed by atoms with Gasteiger partial charge in [-0.05, 0) is 26.0 Å². The molecule has 1 aliphatic rings. The minimum Gasteiger partial charge on any atom is -0.398 e. The van der Waals surface area contributed by atoms with Gasteiger partial charge in [0.05, 0.1) is 11.6 Å². The van der Waals surface area contributed by atoms with E-state index in [9.17, 15) is 0 Å². The third-order valence-corrected chi connectivity index (χ3v) is 3.87. The van der Waals surface area contributed by atoms with Gasteiger partial charge in [-0.15, -0.1) is 0 Å². The van der Waals surface area contributed by atoms with Crippen LogP contribution in [0.15, 0.2) is 18.5 Å². The maximum absolute atomic E-state index is 6.04. The molecule has 0 aromatic carbocycles. The third kappa shape index (κ3) is 2.15. The number of hydrogen-bond donors (Lipinski definition) is 2. The zero-order valence-electron chi connectivity index (χ0n) is 10.6. The molecule has 2 rings (SSSR count). The zero-order chi connectivity index (χ0) is 12.3. The van der Waals surface area contributed by atoms with E-state index >= 15 is 0 Å². The molecule has 1 aromatic heterocycles. The maximum atomic E-state index is 6.04. The van der Waals surface area contributed by atoms with E-state index in [1.807, 2.05) is 19.3 Å². The van der Waals surface area contributed by atoms with Gasteiger partial charge in [0.1, 0.15) is 0 Å². The molecule has 0 bridgehead atoms. The van der Waals surface area contributed by atoms with Gasteiger partial charge in [0.25, 0.3) is 0 Å². The number of nitrogens with two attached hydrogens (primary N) is 1. The van der Waals surface area contributed by atoms with Crippen LogP contribution >= 0.6 is 0 Å². The number of aromatic nitrogens is 1. The molecule has 1 fully saturated rings. The lowest BCUT2D eigenvalue weighted by molar-refractivity contribution is -0.0347. The van der Waals surface area contributed by atoms with Gasteiger partial charge in [-0.3, -0.25) is 4.98 Å². The predicted molar refractivity (Wildman–Crippen MR) is 68.7 cm³/mol. The average molecular weight is 235 g/mol. The fourth-order valence-corrected chi connectivity index (χ4v) is 2.94. The fraction of sp³-hybridized carbons (Fsp3) is 0.615. The molecule has 0 spiro atoms. The summed E-state index contributed by atoms with van der Waals surface area (Å²) < 4.78 is 5.82. The standard InChI is InChI=1S/C13H21N3O/c1-15-12(10-9-16-8-5-11(10)14)13(17-2)6-3-4-7-13/h5,8-9,12,15H,3-4,6-7H2,1-2H3,(H2,14,16). The number of hydrogen-bond acceptors (Lipinski definition) is 4. The first-order valence-corrected chi connectivity index (χ1v) is 6.15. The Bertz CT molecular complexity index is 375. The molecule has 1 aromatic rings. The topological polar surface area (TPSA) is 60.2 Å². The molecule has 17 heavy (non-hydrogen) atoms. The highest BCUT2D eigenvalue weighted by molar-refractivity contribution is 5.47. The molecular weight excluding hydrogens is 214 g/mol. The maximum Gasteiger partial charge on any atom is 0.0873 e. The predicted octanol–water partition coefficient (Wildman–Crippen LogP) is 1.88. The Morgan fingerprint density at radius 2 is 2.18 bits per heavy atom. The number of nitrogen functional groups attached to an aromatic ring is 1. The molecular formula is C13H21N3O. The summed E-state index contributed by atoms with van der Waals surface area (Å²) >= 11 is 0. The van der Waals surface area contributed by atoms with Gasteiger partial charge in [-0.2, -0.15) is 0 Å². The highest BCUT2D eigenvalue weighted by atomic mass is 16.5. The smallest absolute Gasteiger partial charge is 0.0873 e. The Morgan fingerprint density at radius 1 is 1.47 bits per heavy atom. The van der Waals surface area contributed by atoms with E-state index in [0.717, 1.165) is 24.1 Å². The third-order valence-electron chi connectivity index (χ3n) is 3.87. The minimum atomic E-state index is -0.133. The molecule has 1 heterocycles. The van der Waals surface area contributed by atoms with Crippen LogP contribution in [-0.4, -0.2) is 24.7 Å². The number of nitrogens with one attached hydrogen (secondary N) is 1. The van der Waals surface area contributed by atoms with Crippen molar-refractivity contribution in [3.05, 3.63) is 24.0 Å². The van der Waals surface area contributed by atoms with Crippen molar-refractivity contribution in [3.8, 4) is 0 Å². The fourth-order valence-electron chi connectivity index (χ4n) is 2.94. The SMILES string of the molecule is CNC(c1cnccc1N)C1(OC)CCCC1. The second-order valence-electron chi connectivity index (χ2n) is 4.70. The Labute approximate surface area is 103 Å². The molecule has 1 saturated carbocycles. The van der Waals surface area contributed by atoms with Crippen LogP contribution in [0, 0.1) is 0 Å². The summed E-state index contributed by atoms with van der Waals surface area (Å²) in [7, 11) is 3.75. The molecule has 1 atom stereocenters. The Balaban J connectivity index is 2.36. The summed E-state index contributed by atoms with van der Waals surface area (Å²) in [5, 5.41) is 3.35. The Morgan fingerprint density at radius 3 is 2.71 bits per heavy atom. The van der Waals surface area contributed by atoms with Crippen LogP contribution < -0.4 is 11.1 Å². The van der Waals surface area contributed by atoms with E-state index in [2.05, 4.69) is 10.3 Å². The van der Waals surface area contributed by atoms with E-state index < -0.39 is 0 Å². The van der Waals surface area contributed by atoms with Crippen LogP contribution in [0.5, 0.6) is 0 Å². The van der Waals surface area contributed by atoms with E-state index in [-0.39, 0.29) is 11.6 Å². The average Bonchev–Trinajstić information content (AvgIpc) is 2.82. The van der Waals surface area contributed by atoms with Gasteiger partial charge >= 0.3 is 0 Å². The van der Waals surface area contributed by atoms with Gasteiger partial charge in [0.2, 0.25) is 0 Å². The van der Waals surface area contributed by atoms with Gasteiger partial charge < -0.3 is 15.8 Å². The second kappa shape index (κ2) is 5.02. The highest BCUT2D eigenvalue weighted by Crippen LogP contribution is 2.43. The van der Waals surface area contributed by atoms with E-state index in [4.69, 9.17) is 10.5 Å². The van der Waals surface area contributed by atoms with Crippen LogP contribution in [-0.2, 0) is 4.74 Å². The van der Waals surface area contributed by atoms with Crippen molar-refractivity contribution >= 4 is 5.69 Å². The quantitative estimate of drug-likeness (QED) is 0.836. The molecule has 3 N–H and O–H groups in total. The van der Waals surface area contributed by atoms with Crippen LogP contribution in [0.1, 0.15) is 37.3 Å². The van der Waals surface area contributed by atoms with Crippen LogP contribution in [0.4, 0.5) is 5.69 Å². The second-order valence-corrected chi connectivity index (χ2v) is 4.70. The minimum absolute atomic E-state index is 0.115. The molecule has 4 heteroatoms. The normalized spacial score (nSPS) is 20.4. The lowest BCUT2D eigenvalue weighted by Crippen LogP contribution is -2.42. The van der Waals surface area contributed by atoms with Crippen LogP contribution in [0.3, 0.4) is 0 Å². The monoisotopic (exact) mass is 235 g/mol. The molecule has 0 radical (unpaired) electrons. The molecule has 4 nitrogen and oxygen atoms in total. The van der Waals surface area contributed by atoms with Crippen molar-refractivity contribution in [1.82, 2.24) is 10.3 Å². The summed E-state index contributed by atoms with van der Waals surface area (Å²) in [5.41, 5.74) is 7.73. The van der Waals surface area contributed by atoms with Crippen LogP contribution in [0.2, 0.25) is 0 Å². The molecule has 1 aliphatic carbocycles. The number of ether oxygens (including phenoxy) is 1. The van der Waals surface area contributed by atoms with Crippen molar-refractivity contribution in [2.24, 2.45) is 0 Å². The molecule has 0 saturated heterocycles. The largest absolute Gasteiger partial charge is 0.398 e. The number of rotatable bonds is 4. The zero-order valence-corrected chi connectivity index (χ0v) is 10.6. The lowest BCUT2D eigenvalue weighted by atomic mass is 9.87. The summed E-state index contributed by atoms with van der Waals surface area (Å²) in [5.74, 6) is 0. The van der Waals surface area contributed by atoms with Crippen LogP contribution in [0.25, 0.3) is 0 Å². The first kappa shape index (κ1) is 12.3. The summed E-state index contributed by atoms with van der Waals surface area (Å²) in [4.78, 5) is 4.18. The van der Waals surface area contributed by atoms with Gasteiger partial charge in [-0.25, -0.2) is 0 Å². The molecule has 0 aliphatic heterocycles. The summed E-state index contributed by atoms with van der Waals surface area (Å²) in [6.07, 6.45) is 8.14. The molecule has 0 amide bonds. The first-order valence-electron chi connectivity index (χ1n) is 6.15. The Kier molecular flexibility index (Phi) is 3.64. The first-order chi connectivity index (χ1) is 8.23. The highest BCUT2D eigenvalue weighted by Gasteiger charge is 2.42. The van der Waals surface area contributed by atoms with Crippen molar-refractivity contribution in [1.29, 1.82) is 0 Å². The Hall–Kier alpha value is -1.13. The van der Waals surface area contributed by atoms with Crippen molar-refractivity contribution in [2.75, 3.05) is 19.9 Å². The number of methoxy groups -OCH3 is 1. The van der Waals surface area contributed by atoms with Crippen molar-refractivity contribution < 1.29 is 4.74 Å². The number of pyridine rings is 1. The van der Waals surface area contributed by atoms with Gasteiger partial charge in [0, 0.05) is 30.8 Å². The van der Waals surface area contributed by atoms with E-state index in [1.165, 1.54) is 12.8 Å². The van der Waals surface area contributed by atoms with E-state index in [0.29, 0.717) is 0 Å². The van der Waals surface area contributed by atoms with Gasteiger partial charge in [-0.1, -0.05) is 12.8 Å². The molecule has 1 unspecified atom stereocenters.